The standard InChI is InChI=1S/C15H15F3N4S/c1-9-10-5-3-4-6-11(10)22(2)12(9)8-19-14-21-20-13(23-14)7-15(16,17)18/h3-6H,7-8H2,1-2H3,(H,19,21). The van der Waals surface area contributed by atoms with Crippen LogP contribution in [0.4, 0.5) is 18.3 Å². The van der Waals surface area contributed by atoms with Crippen LogP contribution >= 0.6 is 11.3 Å². The zero-order chi connectivity index (χ0) is 16.6. The summed E-state index contributed by atoms with van der Waals surface area (Å²) in [5.41, 5.74) is 3.34. The van der Waals surface area contributed by atoms with Gasteiger partial charge in [-0.1, -0.05) is 29.5 Å². The lowest BCUT2D eigenvalue weighted by Crippen LogP contribution is -2.11. The number of aryl methyl sites for hydroxylation is 2. The highest BCUT2D eigenvalue weighted by Gasteiger charge is 2.29. The maximum Gasteiger partial charge on any atom is 0.395 e. The van der Waals surface area contributed by atoms with E-state index in [0.29, 0.717) is 11.7 Å². The molecule has 0 radical (unpaired) electrons. The zero-order valence-corrected chi connectivity index (χ0v) is 13.4. The van der Waals surface area contributed by atoms with Crippen LogP contribution in [-0.2, 0) is 20.0 Å². The average molecular weight is 340 g/mol. The van der Waals surface area contributed by atoms with Crippen LogP contribution in [0.2, 0.25) is 0 Å². The third-order valence-electron chi connectivity index (χ3n) is 3.73. The lowest BCUT2D eigenvalue weighted by molar-refractivity contribution is -0.127. The van der Waals surface area contributed by atoms with Crippen LogP contribution in [0.5, 0.6) is 0 Å². The molecule has 2 heterocycles. The largest absolute Gasteiger partial charge is 0.395 e. The van der Waals surface area contributed by atoms with E-state index in [-0.39, 0.29) is 5.01 Å². The molecule has 1 N–H and O–H groups in total. The fourth-order valence-electron chi connectivity index (χ4n) is 2.61. The summed E-state index contributed by atoms with van der Waals surface area (Å²) in [4.78, 5) is 0. The number of rotatable bonds is 4. The molecule has 0 saturated carbocycles. The van der Waals surface area contributed by atoms with Crippen molar-refractivity contribution < 1.29 is 13.2 Å². The third kappa shape index (κ3) is 3.31. The molecule has 0 bridgehead atoms. The quantitative estimate of drug-likeness (QED) is 0.779. The van der Waals surface area contributed by atoms with Gasteiger partial charge in [0.15, 0.2) is 0 Å². The number of nitrogens with zero attached hydrogens (tertiary/aromatic N) is 3. The van der Waals surface area contributed by atoms with Gasteiger partial charge in [-0.15, -0.1) is 10.2 Å². The van der Waals surface area contributed by atoms with Crippen molar-refractivity contribution in [3.8, 4) is 0 Å². The van der Waals surface area contributed by atoms with Crippen LogP contribution in [0, 0.1) is 6.92 Å². The molecule has 3 rings (SSSR count). The molecule has 0 aliphatic carbocycles. The number of para-hydroxylation sites is 1. The minimum Gasteiger partial charge on any atom is -0.354 e. The highest BCUT2D eigenvalue weighted by molar-refractivity contribution is 7.15. The molecule has 0 atom stereocenters. The van der Waals surface area contributed by atoms with E-state index >= 15 is 0 Å². The second-order valence-electron chi connectivity index (χ2n) is 5.29. The van der Waals surface area contributed by atoms with E-state index in [1.807, 2.05) is 32.2 Å². The van der Waals surface area contributed by atoms with Gasteiger partial charge in [0.25, 0.3) is 0 Å². The summed E-state index contributed by atoms with van der Waals surface area (Å²) < 4.78 is 39.1. The molecule has 8 heteroatoms. The molecule has 0 unspecified atom stereocenters. The first-order valence-electron chi connectivity index (χ1n) is 7.01. The maximum atomic E-state index is 12.3. The van der Waals surface area contributed by atoms with E-state index in [9.17, 15) is 13.2 Å². The van der Waals surface area contributed by atoms with Gasteiger partial charge in [0.1, 0.15) is 5.01 Å². The summed E-state index contributed by atoms with van der Waals surface area (Å²) in [7, 11) is 1.97. The lowest BCUT2D eigenvalue weighted by Gasteiger charge is -2.06. The van der Waals surface area contributed by atoms with Gasteiger partial charge in [0.2, 0.25) is 5.13 Å². The van der Waals surface area contributed by atoms with Crippen LogP contribution in [0.15, 0.2) is 24.3 Å². The molecule has 0 aliphatic rings. The molecule has 122 valence electrons. The summed E-state index contributed by atoms with van der Waals surface area (Å²) >= 11 is 0.935. The van der Waals surface area contributed by atoms with Crippen molar-refractivity contribution in [2.75, 3.05) is 5.32 Å². The minimum absolute atomic E-state index is 0.0336. The highest BCUT2D eigenvalue weighted by Crippen LogP contribution is 2.27. The molecule has 0 aliphatic heterocycles. The van der Waals surface area contributed by atoms with E-state index in [0.717, 1.165) is 28.1 Å². The maximum absolute atomic E-state index is 12.3. The number of hydrogen-bond acceptors (Lipinski definition) is 4. The minimum atomic E-state index is -4.26. The molecule has 0 spiro atoms. The summed E-state index contributed by atoms with van der Waals surface area (Å²) in [6.07, 6.45) is -5.30. The molecule has 1 aromatic carbocycles. The molecular weight excluding hydrogens is 325 g/mol. The molecule has 2 aromatic heterocycles. The van der Waals surface area contributed by atoms with E-state index in [1.54, 1.807) is 0 Å². The molecular formula is C15H15F3N4S. The number of nitrogens with one attached hydrogen (secondary N) is 1. The van der Waals surface area contributed by atoms with Crippen molar-refractivity contribution in [3.05, 3.63) is 40.5 Å². The van der Waals surface area contributed by atoms with E-state index in [1.165, 1.54) is 5.39 Å². The SMILES string of the molecule is Cc1c(CNc2nnc(CC(F)(F)F)s2)n(C)c2ccccc12. The van der Waals surface area contributed by atoms with Gasteiger partial charge >= 0.3 is 6.18 Å². The Bertz CT molecular complexity index is 796. The fourth-order valence-corrected chi connectivity index (χ4v) is 3.38. The first kappa shape index (κ1) is 15.8. The highest BCUT2D eigenvalue weighted by atomic mass is 32.1. The number of aromatic nitrogens is 3. The molecule has 0 saturated heterocycles. The monoisotopic (exact) mass is 340 g/mol. The molecule has 23 heavy (non-hydrogen) atoms. The Balaban J connectivity index is 1.76. The van der Waals surface area contributed by atoms with Gasteiger partial charge in [-0.05, 0) is 18.6 Å². The first-order valence-corrected chi connectivity index (χ1v) is 7.82. The summed E-state index contributed by atoms with van der Waals surface area (Å²) in [5, 5.41) is 12.0. The van der Waals surface area contributed by atoms with Gasteiger partial charge in [-0.25, -0.2) is 0 Å². The molecule has 0 fully saturated rings. The van der Waals surface area contributed by atoms with Crippen LogP contribution < -0.4 is 5.32 Å². The number of hydrogen-bond donors (Lipinski definition) is 1. The normalized spacial score (nSPS) is 12.0. The van der Waals surface area contributed by atoms with Gasteiger partial charge in [-0.2, -0.15) is 13.2 Å². The fraction of sp³-hybridized carbons (Fsp3) is 0.333. The number of halogens is 3. The van der Waals surface area contributed by atoms with Crippen molar-refractivity contribution in [3.63, 3.8) is 0 Å². The Morgan fingerprint density at radius 2 is 1.96 bits per heavy atom. The molecule has 3 aromatic rings. The number of anilines is 1. The van der Waals surface area contributed by atoms with Gasteiger partial charge in [0.05, 0.1) is 13.0 Å². The molecule has 4 nitrogen and oxygen atoms in total. The third-order valence-corrected chi connectivity index (χ3v) is 4.61. The second kappa shape index (κ2) is 5.84. The van der Waals surface area contributed by atoms with Crippen LogP contribution in [0.3, 0.4) is 0 Å². The smallest absolute Gasteiger partial charge is 0.354 e. The second-order valence-corrected chi connectivity index (χ2v) is 6.36. The summed E-state index contributed by atoms with van der Waals surface area (Å²) in [6, 6.07) is 8.06. The van der Waals surface area contributed by atoms with Gasteiger partial charge in [-0.3, -0.25) is 0 Å². The predicted molar refractivity (Wildman–Crippen MR) is 84.7 cm³/mol. The Morgan fingerprint density at radius 3 is 2.65 bits per heavy atom. The number of fused-ring (bicyclic) bond motifs is 1. The number of alkyl halides is 3. The Kier molecular flexibility index (Phi) is 4.01. The van der Waals surface area contributed by atoms with Crippen molar-refractivity contribution in [1.29, 1.82) is 0 Å². The Morgan fingerprint density at radius 1 is 1.22 bits per heavy atom. The average Bonchev–Trinajstić information content (AvgIpc) is 3.01. The Hall–Kier alpha value is -2.09. The summed E-state index contributed by atoms with van der Waals surface area (Å²) in [5.74, 6) is 0. The van der Waals surface area contributed by atoms with Crippen molar-refractivity contribution in [1.82, 2.24) is 14.8 Å². The van der Waals surface area contributed by atoms with Crippen LogP contribution in [0.25, 0.3) is 10.9 Å². The summed E-state index contributed by atoms with van der Waals surface area (Å²) in [6.45, 7) is 2.52. The number of benzene rings is 1. The van der Waals surface area contributed by atoms with Crippen LogP contribution in [0.1, 0.15) is 16.3 Å². The van der Waals surface area contributed by atoms with E-state index < -0.39 is 12.6 Å². The topological polar surface area (TPSA) is 42.7 Å². The predicted octanol–water partition coefficient (Wildman–Crippen LogP) is 4.06. The molecule has 0 amide bonds. The van der Waals surface area contributed by atoms with Gasteiger partial charge < -0.3 is 9.88 Å². The van der Waals surface area contributed by atoms with Gasteiger partial charge in [0, 0.05) is 23.6 Å². The Labute approximate surface area is 135 Å². The zero-order valence-electron chi connectivity index (χ0n) is 12.6. The van der Waals surface area contributed by atoms with Crippen molar-refractivity contribution >= 4 is 27.4 Å². The van der Waals surface area contributed by atoms with Crippen molar-refractivity contribution in [2.45, 2.75) is 26.1 Å². The van der Waals surface area contributed by atoms with E-state index in [4.69, 9.17) is 0 Å². The van der Waals surface area contributed by atoms with E-state index in [2.05, 4.69) is 26.1 Å². The first-order chi connectivity index (χ1) is 10.8. The lowest BCUT2D eigenvalue weighted by atomic mass is 10.1. The van der Waals surface area contributed by atoms with Crippen molar-refractivity contribution in [2.24, 2.45) is 7.05 Å². The van der Waals surface area contributed by atoms with Crippen LogP contribution in [-0.4, -0.2) is 20.9 Å².